The van der Waals surface area contributed by atoms with Crippen LogP contribution in [-0.2, 0) is 25.6 Å². The Bertz CT molecular complexity index is 944. The van der Waals surface area contributed by atoms with Gasteiger partial charge in [-0.25, -0.2) is 4.79 Å². The van der Waals surface area contributed by atoms with Gasteiger partial charge >= 0.3 is 12.1 Å². The number of nitrogens with one attached hydrogen (secondary N) is 1. The zero-order valence-electron chi connectivity index (χ0n) is 20.8. The van der Waals surface area contributed by atoms with E-state index in [0.717, 1.165) is 25.5 Å². The summed E-state index contributed by atoms with van der Waals surface area (Å²) in [6.07, 6.45) is 7.10. The van der Waals surface area contributed by atoms with Crippen molar-refractivity contribution in [2.75, 3.05) is 26.9 Å². The van der Waals surface area contributed by atoms with Crippen molar-refractivity contribution >= 4 is 35.8 Å². The minimum Gasteiger partial charge on any atom is -0.593 e. The van der Waals surface area contributed by atoms with Crippen LogP contribution in [0.25, 0.3) is 6.08 Å². The third-order valence-corrected chi connectivity index (χ3v) is 7.40. The molecule has 1 heterocycles. The van der Waals surface area contributed by atoms with Crippen LogP contribution < -0.4 is 5.32 Å². The van der Waals surface area contributed by atoms with Crippen LogP contribution in [0.3, 0.4) is 0 Å². The summed E-state index contributed by atoms with van der Waals surface area (Å²) >= 11 is -1.54. The molecule has 1 aliphatic heterocycles. The molecule has 10 heteroatoms. The molecule has 192 valence electrons. The average molecular weight is 506 g/mol. The van der Waals surface area contributed by atoms with E-state index in [1.807, 2.05) is 0 Å². The van der Waals surface area contributed by atoms with E-state index < -0.39 is 23.1 Å². The first-order chi connectivity index (χ1) is 16.6. The van der Waals surface area contributed by atoms with Crippen molar-refractivity contribution in [3.8, 4) is 0 Å². The SMILES string of the molecule is CN(/C=C\c1c(C=O)cccc1[S+]([O-])N1CCC(NC(=O)OC(C)(C)C)C1)COC(=O)C1CCC1. The average Bonchev–Trinajstić information content (AvgIpc) is 3.21. The number of esters is 1. The number of carbonyl (C=O) groups is 3. The molecular weight excluding hydrogens is 470 g/mol. The van der Waals surface area contributed by atoms with Crippen molar-refractivity contribution in [3.05, 3.63) is 35.5 Å². The molecule has 2 fully saturated rings. The Kier molecular flexibility index (Phi) is 9.21. The summed E-state index contributed by atoms with van der Waals surface area (Å²) in [5.41, 5.74) is 0.362. The maximum atomic E-state index is 13.4. The molecule has 1 aromatic carbocycles. The van der Waals surface area contributed by atoms with Gasteiger partial charge in [-0.15, -0.1) is 4.31 Å². The summed E-state index contributed by atoms with van der Waals surface area (Å²) < 4.78 is 25.9. The molecule has 3 rings (SSSR count). The van der Waals surface area contributed by atoms with Crippen molar-refractivity contribution in [2.24, 2.45) is 5.92 Å². The number of aldehydes is 1. The minimum atomic E-state index is -1.54. The molecular formula is C25H35N3O6S. The highest BCUT2D eigenvalue weighted by atomic mass is 32.2. The number of rotatable bonds is 9. The maximum absolute atomic E-state index is 13.4. The van der Waals surface area contributed by atoms with Crippen molar-refractivity contribution in [1.82, 2.24) is 14.5 Å². The summed E-state index contributed by atoms with van der Waals surface area (Å²) in [6.45, 7) is 6.42. The molecule has 0 bridgehead atoms. The van der Waals surface area contributed by atoms with Gasteiger partial charge in [-0.1, -0.05) is 18.6 Å². The fourth-order valence-corrected chi connectivity index (χ4v) is 5.21. The predicted octanol–water partition coefficient (Wildman–Crippen LogP) is 3.32. The molecule has 2 atom stereocenters. The predicted molar refractivity (Wildman–Crippen MR) is 133 cm³/mol. The number of ether oxygens (including phenoxy) is 2. The van der Waals surface area contributed by atoms with Gasteiger partial charge in [0.15, 0.2) is 17.9 Å². The number of hydrogen-bond donors (Lipinski definition) is 1. The second kappa shape index (κ2) is 11.9. The molecule has 0 radical (unpaired) electrons. The number of amides is 1. The number of benzene rings is 1. The van der Waals surface area contributed by atoms with E-state index in [1.54, 1.807) is 67.5 Å². The largest absolute Gasteiger partial charge is 0.593 e. The zero-order chi connectivity index (χ0) is 25.6. The van der Waals surface area contributed by atoms with E-state index in [0.29, 0.717) is 35.5 Å². The smallest absolute Gasteiger partial charge is 0.407 e. The van der Waals surface area contributed by atoms with Crippen LogP contribution in [0, 0.1) is 5.92 Å². The molecule has 1 saturated heterocycles. The first-order valence-corrected chi connectivity index (χ1v) is 13.0. The Morgan fingerprint density at radius 3 is 2.66 bits per heavy atom. The van der Waals surface area contributed by atoms with Gasteiger partial charge in [0.05, 0.1) is 29.9 Å². The third-order valence-electron chi connectivity index (χ3n) is 5.87. The monoisotopic (exact) mass is 505 g/mol. The lowest BCUT2D eigenvalue weighted by Crippen LogP contribution is -2.41. The van der Waals surface area contributed by atoms with Gasteiger partial charge in [0, 0.05) is 30.9 Å². The molecule has 1 aromatic rings. The normalized spacial score (nSPS) is 19.7. The minimum absolute atomic E-state index is 0.00582. The molecule has 1 N–H and O–H groups in total. The van der Waals surface area contributed by atoms with E-state index in [1.165, 1.54) is 0 Å². The Morgan fingerprint density at radius 1 is 1.29 bits per heavy atom. The van der Waals surface area contributed by atoms with E-state index >= 15 is 0 Å². The van der Waals surface area contributed by atoms with Crippen LogP contribution in [-0.4, -0.2) is 70.6 Å². The number of hydrogen-bond acceptors (Lipinski definition) is 8. The summed E-state index contributed by atoms with van der Waals surface area (Å²) in [6, 6.07) is 4.92. The van der Waals surface area contributed by atoms with Gasteiger partial charge in [-0.05, 0) is 52.2 Å². The topological polar surface area (TPSA) is 111 Å². The highest BCUT2D eigenvalue weighted by Crippen LogP contribution is 2.28. The Labute approximate surface area is 210 Å². The van der Waals surface area contributed by atoms with Crippen molar-refractivity contribution in [2.45, 2.75) is 63.0 Å². The Balaban J connectivity index is 1.64. The lowest BCUT2D eigenvalue weighted by atomic mass is 9.86. The van der Waals surface area contributed by atoms with Gasteiger partial charge < -0.3 is 24.2 Å². The van der Waals surface area contributed by atoms with Crippen LogP contribution in [0.1, 0.15) is 62.4 Å². The van der Waals surface area contributed by atoms with Crippen LogP contribution in [0.4, 0.5) is 4.79 Å². The molecule has 0 spiro atoms. The highest BCUT2D eigenvalue weighted by Gasteiger charge is 2.35. The molecule has 2 unspecified atom stereocenters. The second-order valence-electron chi connectivity index (χ2n) is 9.94. The number of carbonyl (C=O) groups excluding carboxylic acids is 3. The van der Waals surface area contributed by atoms with Crippen LogP contribution in [0.5, 0.6) is 0 Å². The van der Waals surface area contributed by atoms with Crippen molar-refractivity contribution < 1.29 is 28.4 Å². The summed E-state index contributed by atoms with van der Waals surface area (Å²) in [7, 11) is 1.76. The fraction of sp³-hybridized carbons (Fsp3) is 0.560. The third kappa shape index (κ3) is 7.71. The van der Waals surface area contributed by atoms with E-state index in [9.17, 15) is 18.9 Å². The summed E-state index contributed by atoms with van der Waals surface area (Å²) in [5.74, 6) is -0.179. The number of alkyl carbamates (subject to hydrolysis) is 1. The van der Waals surface area contributed by atoms with Crippen LogP contribution >= 0.6 is 0 Å². The number of nitrogens with zero attached hydrogens (tertiary/aromatic N) is 2. The summed E-state index contributed by atoms with van der Waals surface area (Å²) in [4.78, 5) is 37.9. The van der Waals surface area contributed by atoms with Gasteiger partial charge in [0.25, 0.3) is 0 Å². The molecule has 2 aliphatic rings. The highest BCUT2D eigenvalue weighted by molar-refractivity contribution is 7.89. The quantitative estimate of drug-likeness (QED) is 0.235. The molecule has 0 aromatic heterocycles. The molecule has 1 aliphatic carbocycles. The molecule has 1 amide bonds. The van der Waals surface area contributed by atoms with Crippen molar-refractivity contribution in [3.63, 3.8) is 0 Å². The lowest BCUT2D eigenvalue weighted by Gasteiger charge is -2.24. The van der Waals surface area contributed by atoms with Gasteiger partial charge in [0.2, 0.25) is 0 Å². The van der Waals surface area contributed by atoms with Gasteiger partial charge in [-0.3, -0.25) is 9.59 Å². The molecule has 35 heavy (non-hydrogen) atoms. The first kappa shape index (κ1) is 27.0. The Hall–Kier alpha value is -2.56. The second-order valence-corrected chi connectivity index (χ2v) is 11.4. The van der Waals surface area contributed by atoms with E-state index in [-0.39, 0.29) is 24.7 Å². The summed E-state index contributed by atoms with van der Waals surface area (Å²) in [5, 5.41) is 2.83. The molecule has 9 nitrogen and oxygen atoms in total. The van der Waals surface area contributed by atoms with Crippen molar-refractivity contribution in [1.29, 1.82) is 0 Å². The van der Waals surface area contributed by atoms with Crippen LogP contribution in [0.15, 0.2) is 29.3 Å². The van der Waals surface area contributed by atoms with E-state index in [2.05, 4.69) is 5.32 Å². The molecule has 1 saturated carbocycles. The fourth-order valence-electron chi connectivity index (χ4n) is 3.78. The van der Waals surface area contributed by atoms with Gasteiger partial charge in [-0.2, -0.15) is 0 Å². The van der Waals surface area contributed by atoms with Gasteiger partial charge in [0.1, 0.15) is 5.60 Å². The Morgan fingerprint density at radius 2 is 2.03 bits per heavy atom. The zero-order valence-corrected chi connectivity index (χ0v) is 21.6. The standard InChI is InChI=1S/C25H35N3O6S/c1-25(2,3)34-24(31)26-20-11-14-28(15-20)35(32)22-10-6-9-19(16-29)21(22)12-13-27(4)17-33-23(30)18-7-5-8-18/h6,9-10,12-13,16,18,20H,5,7-8,11,14-15,17H2,1-4H3,(H,26,31)/b13-12-. The first-order valence-electron chi connectivity index (χ1n) is 11.9. The lowest BCUT2D eigenvalue weighted by molar-refractivity contribution is -0.154. The van der Waals surface area contributed by atoms with E-state index in [4.69, 9.17) is 9.47 Å². The maximum Gasteiger partial charge on any atom is 0.407 e. The van der Waals surface area contributed by atoms with Crippen LogP contribution in [0.2, 0.25) is 0 Å².